The average molecular weight is 336 g/mol. The first-order valence-corrected chi connectivity index (χ1v) is 10.00. The van der Waals surface area contributed by atoms with Gasteiger partial charge < -0.3 is 4.90 Å². The lowest BCUT2D eigenvalue weighted by Crippen LogP contribution is -2.42. The predicted molar refractivity (Wildman–Crippen MR) is 89.7 cm³/mol. The van der Waals surface area contributed by atoms with Crippen molar-refractivity contribution in [3.05, 3.63) is 35.9 Å². The fourth-order valence-electron chi connectivity index (χ4n) is 3.57. The van der Waals surface area contributed by atoms with Crippen molar-refractivity contribution in [2.24, 2.45) is 5.92 Å². The number of benzene rings is 1. The second-order valence-electron chi connectivity index (χ2n) is 6.71. The van der Waals surface area contributed by atoms with Gasteiger partial charge >= 0.3 is 0 Å². The summed E-state index contributed by atoms with van der Waals surface area (Å²) in [6, 6.07) is 10.1. The van der Waals surface area contributed by atoms with Crippen molar-refractivity contribution in [2.45, 2.75) is 25.4 Å². The molecule has 126 valence electrons. The summed E-state index contributed by atoms with van der Waals surface area (Å²) in [5.41, 5.74) is 1.26. The molecule has 2 atom stereocenters. The Morgan fingerprint density at radius 2 is 2.00 bits per heavy atom. The van der Waals surface area contributed by atoms with E-state index in [0.717, 1.165) is 26.1 Å². The summed E-state index contributed by atoms with van der Waals surface area (Å²) in [6.45, 7) is 2.55. The van der Waals surface area contributed by atoms with Crippen LogP contribution < -0.4 is 0 Å². The van der Waals surface area contributed by atoms with Crippen LogP contribution in [0, 0.1) is 5.92 Å². The minimum absolute atomic E-state index is 0.00739. The second-order valence-corrected chi connectivity index (χ2v) is 8.94. The third kappa shape index (κ3) is 3.93. The summed E-state index contributed by atoms with van der Waals surface area (Å²) in [5.74, 6) is 0.421. The van der Waals surface area contributed by atoms with E-state index in [-0.39, 0.29) is 29.4 Å². The van der Waals surface area contributed by atoms with E-state index in [2.05, 4.69) is 17.0 Å². The lowest BCUT2D eigenvalue weighted by molar-refractivity contribution is -0.135. The molecule has 2 fully saturated rings. The van der Waals surface area contributed by atoms with Gasteiger partial charge in [0.25, 0.3) is 0 Å². The highest BCUT2D eigenvalue weighted by Gasteiger charge is 2.37. The largest absolute Gasteiger partial charge is 0.341 e. The van der Waals surface area contributed by atoms with E-state index < -0.39 is 9.84 Å². The number of nitrogens with zero attached hydrogens (tertiary/aromatic N) is 2. The van der Waals surface area contributed by atoms with Crippen molar-refractivity contribution in [1.29, 1.82) is 0 Å². The van der Waals surface area contributed by atoms with Gasteiger partial charge in [0.15, 0.2) is 9.84 Å². The Morgan fingerprint density at radius 1 is 1.26 bits per heavy atom. The Bertz CT molecular complexity index is 660. The van der Waals surface area contributed by atoms with E-state index in [0.29, 0.717) is 6.42 Å². The average Bonchev–Trinajstić information content (AvgIpc) is 3.13. The highest BCUT2D eigenvalue weighted by molar-refractivity contribution is 7.91. The fourth-order valence-corrected chi connectivity index (χ4v) is 5.34. The zero-order valence-corrected chi connectivity index (χ0v) is 14.3. The third-order valence-electron chi connectivity index (χ3n) is 4.97. The molecule has 0 spiro atoms. The zero-order chi connectivity index (χ0) is 16.4. The number of rotatable bonds is 4. The van der Waals surface area contributed by atoms with Gasteiger partial charge in [0.2, 0.25) is 5.91 Å². The zero-order valence-electron chi connectivity index (χ0n) is 13.5. The van der Waals surface area contributed by atoms with Crippen molar-refractivity contribution < 1.29 is 13.2 Å². The molecule has 2 heterocycles. The Balaban J connectivity index is 1.55. The van der Waals surface area contributed by atoms with Gasteiger partial charge in [-0.15, -0.1) is 0 Å². The van der Waals surface area contributed by atoms with Crippen molar-refractivity contribution in [2.75, 3.05) is 31.6 Å². The summed E-state index contributed by atoms with van der Waals surface area (Å²) in [6.07, 6.45) is 1.43. The number of carbonyl (C=O) groups is 1. The van der Waals surface area contributed by atoms with Crippen LogP contribution in [0.5, 0.6) is 0 Å². The van der Waals surface area contributed by atoms with Crippen molar-refractivity contribution >= 4 is 15.7 Å². The van der Waals surface area contributed by atoms with Crippen molar-refractivity contribution in [1.82, 2.24) is 9.80 Å². The monoisotopic (exact) mass is 336 g/mol. The van der Waals surface area contributed by atoms with E-state index in [1.54, 1.807) is 11.9 Å². The highest BCUT2D eigenvalue weighted by atomic mass is 32.2. The summed E-state index contributed by atoms with van der Waals surface area (Å²) in [7, 11) is -1.20. The quantitative estimate of drug-likeness (QED) is 0.828. The summed E-state index contributed by atoms with van der Waals surface area (Å²) in [5, 5.41) is 0. The molecule has 3 rings (SSSR count). The molecule has 0 radical (unpaired) electrons. The molecule has 0 bridgehead atoms. The number of amides is 1. The molecule has 0 aromatic heterocycles. The maximum Gasteiger partial charge on any atom is 0.227 e. The van der Waals surface area contributed by atoms with Gasteiger partial charge in [-0.1, -0.05) is 30.3 Å². The maximum absolute atomic E-state index is 12.6. The molecule has 0 aliphatic carbocycles. The first-order valence-electron chi connectivity index (χ1n) is 8.18. The Hall–Kier alpha value is -1.40. The SMILES string of the molecule is CN(C(=O)C1CCN(Cc2ccccc2)C1)C1CCS(=O)(=O)C1. The van der Waals surface area contributed by atoms with Crippen LogP contribution in [0.25, 0.3) is 0 Å². The van der Waals surface area contributed by atoms with Crippen LogP contribution in [0.2, 0.25) is 0 Å². The lowest BCUT2D eigenvalue weighted by atomic mass is 10.1. The maximum atomic E-state index is 12.6. The molecule has 2 unspecified atom stereocenters. The Kier molecular flexibility index (Phi) is 4.73. The van der Waals surface area contributed by atoms with Crippen LogP contribution in [-0.4, -0.2) is 61.8 Å². The summed E-state index contributed by atoms with van der Waals surface area (Å²) in [4.78, 5) is 16.6. The number of hydrogen-bond donors (Lipinski definition) is 0. The lowest BCUT2D eigenvalue weighted by Gasteiger charge is -2.26. The van der Waals surface area contributed by atoms with E-state index in [9.17, 15) is 13.2 Å². The highest BCUT2D eigenvalue weighted by Crippen LogP contribution is 2.24. The van der Waals surface area contributed by atoms with Gasteiger partial charge in [0.1, 0.15) is 0 Å². The molecule has 0 N–H and O–H groups in total. The number of carbonyl (C=O) groups excluding carboxylic acids is 1. The van der Waals surface area contributed by atoms with Gasteiger partial charge in [-0.05, 0) is 24.9 Å². The fraction of sp³-hybridized carbons (Fsp3) is 0.588. The van der Waals surface area contributed by atoms with Crippen molar-refractivity contribution in [3.63, 3.8) is 0 Å². The molecule has 1 aromatic rings. The Labute approximate surface area is 138 Å². The van der Waals surface area contributed by atoms with Crippen LogP contribution in [0.1, 0.15) is 18.4 Å². The number of hydrogen-bond acceptors (Lipinski definition) is 4. The smallest absolute Gasteiger partial charge is 0.227 e. The molecular weight excluding hydrogens is 312 g/mol. The first-order chi connectivity index (χ1) is 10.9. The van der Waals surface area contributed by atoms with Crippen LogP contribution in [-0.2, 0) is 21.2 Å². The van der Waals surface area contributed by atoms with Crippen LogP contribution >= 0.6 is 0 Å². The molecule has 23 heavy (non-hydrogen) atoms. The molecule has 1 amide bonds. The van der Waals surface area contributed by atoms with E-state index in [1.807, 2.05) is 18.2 Å². The molecule has 2 saturated heterocycles. The first kappa shape index (κ1) is 16.5. The summed E-state index contributed by atoms with van der Waals surface area (Å²) >= 11 is 0. The molecular formula is C17H24N2O3S. The third-order valence-corrected chi connectivity index (χ3v) is 6.72. The minimum atomic E-state index is -2.95. The standard InChI is InChI=1S/C17H24N2O3S/c1-18(16-8-10-23(21,22)13-16)17(20)15-7-9-19(12-15)11-14-5-3-2-4-6-14/h2-6,15-16H,7-13H2,1H3. The van der Waals surface area contributed by atoms with Gasteiger partial charge in [0.05, 0.1) is 17.4 Å². The second kappa shape index (κ2) is 6.61. The van der Waals surface area contributed by atoms with Crippen molar-refractivity contribution in [3.8, 4) is 0 Å². The van der Waals surface area contributed by atoms with Gasteiger partial charge in [-0.3, -0.25) is 9.69 Å². The Morgan fingerprint density at radius 3 is 2.65 bits per heavy atom. The minimum Gasteiger partial charge on any atom is -0.341 e. The van der Waals surface area contributed by atoms with Crippen LogP contribution in [0.4, 0.5) is 0 Å². The van der Waals surface area contributed by atoms with E-state index >= 15 is 0 Å². The molecule has 2 aliphatic heterocycles. The predicted octanol–water partition coefficient (Wildman–Crippen LogP) is 1.15. The van der Waals surface area contributed by atoms with Crippen LogP contribution in [0.15, 0.2) is 30.3 Å². The van der Waals surface area contributed by atoms with E-state index in [4.69, 9.17) is 0 Å². The van der Waals surface area contributed by atoms with E-state index in [1.165, 1.54) is 5.56 Å². The molecule has 6 heteroatoms. The molecule has 5 nitrogen and oxygen atoms in total. The van der Waals surface area contributed by atoms with Gasteiger partial charge in [-0.2, -0.15) is 0 Å². The molecule has 1 aromatic carbocycles. The number of sulfone groups is 1. The molecule has 2 aliphatic rings. The molecule has 0 saturated carbocycles. The topological polar surface area (TPSA) is 57.7 Å². The number of likely N-dealkylation sites (tertiary alicyclic amines) is 1. The summed E-state index contributed by atoms with van der Waals surface area (Å²) < 4.78 is 23.2. The van der Waals surface area contributed by atoms with Crippen LogP contribution in [0.3, 0.4) is 0 Å². The van der Waals surface area contributed by atoms with Gasteiger partial charge in [0, 0.05) is 26.2 Å². The van der Waals surface area contributed by atoms with Gasteiger partial charge in [-0.25, -0.2) is 8.42 Å². The normalized spacial score (nSPS) is 27.2.